The fourth-order valence-electron chi connectivity index (χ4n) is 4.80. The molecule has 162 valence electrons. The Kier molecular flexibility index (Phi) is 6.13. The molecule has 0 spiro atoms. The molecule has 0 aliphatic carbocycles. The standard InChI is InChI=1S/C27H29N5/c28-18-21-10-12-23(13-11-21)26-24-14-17-31(19-22-8-4-3-5-9-22)20-25(24)29-27(30-26)32-15-6-1-2-7-16-32/h3-5,8-13H,1-2,6-7,14-17,19-20H2. The molecule has 0 atom stereocenters. The number of benzene rings is 2. The molecule has 0 radical (unpaired) electrons. The SMILES string of the molecule is N#Cc1ccc(-c2nc(N3CCCCCC3)nc3c2CCN(Cc2ccccc2)C3)cc1. The first-order valence-corrected chi connectivity index (χ1v) is 11.7. The molecule has 5 rings (SSSR count). The normalized spacial score (nSPS) is 16.8. The van der Waals surface area contributed by atoms with Crippen molar-refractivity contribution in [1.82, 2.24) is 14.9 Å². The molecule has 1 saturated heterocycles. The molecule has 3 heterocycles. The van der Waals surface area contributed by atoms with Crippen LogP contribution in [0.15, 0.2) is 54.6 Å². The van der Waals surface area contributed by atoms with Crippen molar-refractivity contribution in [3.8, 4) is 17.3 Å². The van der Waals surface area contributed by atoms with Gasteiger partial charge in [-0.05, 0) is 37.0 Å². The first kappa shape index (κ1) is 20.7. The number of hydrogen-bond acceptors (Lipinski definition) is 5. The van der Waals surface area contributed by atoms with Crippen molar-refractivity contribution in [3.63, 3.8) is 0 Å². The molecule has 5 heteroatoms. The highest BCUT2D eigenvalue weighted by molar-refractivity contribution is 5.67. The molecule has 1 fully saturated rings. The Hall–Kier alpha value is -3.23. The summed E-state index contributed by atoms with van der Waals surface area (Å²) in [6.07, 6.45) is 5.92. The van der Waals surface area contributed by atoms with Crippen LogP contribution in [0.2, 0.25) is 0 Å². The van der Waals surface area contributed by atoms with Gasteiger partial charge in [0.05, 0.1) is 23.0 Å². The molecule has 0 bridgehead atoms. The van der Waals surface area contributed by atoms with Gasteiger partial charge in [0.15, 0.2) is 0 Å². The van der Waals surface area contributed by atoms with Gasteiger partial charge < -0.3 is 4.90 Å². The van der Waals surface area contributed by atoms with E-state index >= 15 is 0 Å². The molecular formula is C27H29N5. The predicted octanol–water partition coefficient (Wildman–Crippen LogP) is 4.95. The largest absolute Gasteiger partial charge is 0.341 e. The third kappa shape index (κ3) is 4.51. The van der Waals surface area contributed by atoms with Crippen LogP contribution in [0, 0.1) is 11.3 Å². The van der Waals surface area contributed by atoms with Gasteiger partial charge in [0, 0.05) is 43.9 Å². The lowest BCUT2D eigenvalue weighted by molar-refractivity contribution is 0.241. The molecule has 32 heavy (non-hydrogen) atoms. The van der Waals surface area contributed by atoms with Crippen molar-refractivity contribution in [3.05, 3.63) is 77.0 Å². The van der Waals surface area contributed by atoms with Gasteiger partial charge in [-0.25, -0.2) is 9.97 Å². The third-order valence-corrected chi connectivity index (χ3v) is 6.56. The number of aromatic nitrogens is 2. The summed E-state index contributed by atoms with van der Waals surface area (Å²) in [5.74, 6) is 0.867. The molecule has 0 saturated carbocycles. The van der Waals surface area contributed by atoms with Crippen LogP contribution in [0.3, 0.4) is 0 Å². The summed E-state index contributed by atoms with van der Waals surface area (Å²) in [4.78, 5) is 15.1. The molecule has 0 amide bonds. The zero-order valence-corrected chi connectivity index (χ0v) is 18.5. The number of nitrogens with zero attached hydrogens (tertiary/aromatic N) is 5. The highest BCUT2D eigenvalue weighted by atomic mass is 15.3. The van der Waals surface area contributed by atoms with E-state index in [-0.39, 0.29) is 0 Å². The lowest BCUT2D eigenvalue weighted by atomic mass is 9.97. The third-order valence-electron chi connectivity index (χ3n) is 6.56. The van der Waals surface area contributed by atoms with Gasteiger partial charge in [0.2, 0.25) is 5.95 Å². The zero-order chi connectivity index (χ0) is 21.8. The van der Waals surface area contributed by atoms with Crippen molar-refractivity contribution in [1.29, 1.82) is 5.26 Å². The molecule has 3 aromatic rings. The van der Waals surface area contributed by atoms with Gasteiger partial charge in [0.1, 0.15) is 0 Å². The highest BCUT2D eigenvalue weighted by Gasteiger charge is 2.25. The molecule has 2 aliphatic heterocycles. The first-order valence-electron chi connectivity index (χ1n) is 11.7. The van der Waals surface area contributed by atoms with Crippen LogP contribution in [-0.2, 0) is 19.5 Å². The summed E-state index contributed by atoms with van der Waals surface area (Å²) < 4.78 is 0. The van der Waals surface area contributed by atoms with Gasteiger partial charge in [-0.1, -0.05) is 55.3 Å². The topological polar surface area (TPSA) is 56.1 Å². The van der Waals surface area contributed by atoms with Gasteiger partial charge >= 0.3 is 0 Å². The minimum Gasteiger partial charge on any atom is -0.341 e. The summed E-state index contributed by atoms with van der Waals surface area (Å²) in [5.41, 5.74) is 6.55. The van der Waals surface area contributed by atoms with Gasteiger partial charge in [-0.3, -0.25) is 4.90 Å². The molecular weight excluding hydrogens is 394 g/mol. The minimum absolute atomic E-state index is 0.679. The summed E-state index contributed by atoms with van der Waals surface area (Å²) in [5, 5.41) is 9.19. The van der Waals surface area contributed by atoms with E-state index in [0.717, 1.165) is 62.0 Å². The lowest BCUT2D eigenvalue weighted by Gasteiger charge is -2.31. The second-order valence-corrected chi connectivity index (χ2v) is 8.83. The van der Waals surface area contributed by atoms with Gasteiger partial charge in [-0.15, -0.1) is 0 Å². The van der Waals surface area contributed by atoms with E-state index in [0.29, 0.717) is 5.56 Å². The summed E-state index contributed by atoms with van der Waals surface area (Å²) in [7, 11) is 0. The van der Waals surface area contributed by atoms with Crippen molar-refractivity contribution in [2.45, 2.75) is 45.2 Å². The Morgan fingerprint density at radius 3 is 2.31 bits per heavy atom. The number of anilines is 1. The quantitative estimate of drug-likeness (QED) is 0.594. The predicted molar refractivity (Wildman–Crippen MR) is 127 cm³/mol. The smallest absolute Gasteiger partial charge is 0.226 e. The number of nitriles is 1. The monoisotopic (exact) mass is 423 g/mol. The lowest BCUT2D eigenvalue weighted by Crippen LogP contribution is -2.33. The maximum atomic E-state index is 9.19. The molecule has 5 nitrogen and oxygen atoms in total. The van der Waals surface area contributed by atoms with Crippen molar-refractivity contribution in [2.75, 3.05) is 24.5 Å². The Labute approximate surface area is 190 Å². The fourth-order valence-corrected chi connectivity index (χ4v) is 4.80. The Morgan fingerprint density at radius 1 is 0.844 bits per heavy atom. The molecule has 0 unspecified atom stereocenters. The molecule has 0 N–H and O–H groups in total. The van der Waals surface area contributed by atoms with Gasteiger partial charge in [0.25, 0.3) is 0 Å². The van der Waals surface area contributed by atoms with Crippen LogP contribution in [0.1, 0.15) is 48.1 Å². The van der Waals surface area contributed by atoms with Crippen LogP contribution in [0.5, 0.6) is 0 Å². The van der Waals surface area contributed by atoms with Crippen LogP contribution in [0.4, 0.5) is 5.95 Å². The summed E-state index contributed by atoms with van der Waals surface area (Å²) in [6.45, 7) is 4.84. The van der Waals surface area contributed by atoms with E-state index in [4.69, 9.17) is 9.97 Å². The van der Waals surface area contributed by atoms with Crippen molar-refractivity contribution >= 4 is 5.95 Å². The second-order valence-electron chi connectivity index (χ2n) is 8.83. The van der Waals surface area contributed by atoms with E-state index in [1.54, 1.807) is 0 Å². The minimum atomic E-state index is 0.679. The first-order chi connectivity index (χ1) is 15.8. The summed E-state index contributed by atoms with van der Waals surface area (Å²) >= 11 is 0. The molecule has 2 aromatic carbocycles. The van der Waals surface area contributed by atoms with Crippen LogP contribution >= 0.6 is 0 Å². The number of rotatable bonds is 4. The molecule has 2 aliphatic rings. The maximum Gasteiger partial charge on any atom is 0.226 e. The van der Waals surface area contributed by atoms with E-state index in [2.05, 4.69) is 46.2 Å². The molecule has 1 aromatic heterocycles. The van der Waals surface area contributed by atoms with E-state index < -0.39 is 0 Å². The van der Waals surface area contributed by atoms with Crippen LogP contribution in [-0.4, -0.2) is 34.5 Å². The Balaban J connectivity index is 1.50. The van der Waals surface area contributed by atoms with Crippen molar-refractivity contribution < 1.29 is 0 Å². The van der Waals surface area contributed by atoms with E-state index in [1.165, 1.54) is 36.8 Å². The average molecular weight is 424 g/mol. The summed E-state index contributed by atoms with van der Waals surface area (Å²) in [6, 6.07) is 20.7. The second kappa shape index (κ2) is 9.50. The average Bonchev–Trinajstić information content (AvgIpc) is 3.14. The number of hydrogen-bond donors (Lipinski definition) is 0. The number of fused-ring (bicyclic) bond motifs is 1. The van der Waals surface area contributed by atoms with Crippen LogP contribution < -0.4 is 4.90 Å². The maximum absolute atomic E-state index is 9.19. The Bertz CT molecular complexity index is 1090. The Morgan fingerprint density at radius 2 is 1.59 bits per heavy atom. The highest BCUT2D eigenvalue weighted by Crippen LogP contribution is 2.31. The van der Waals surface area contributed by atoms with Crippen LogP contribution in [0.25, 0.3) is 11.3 Å². The fraction of sp³-hybridized carbons (Fsp3) is 0.370. The van der Waals surface area contributed by atoms with E-state index in [1.807, 2.05) is 24.3 Å². The van der Waals surface area contributed by atoms with E-state index in [9.17, 15) is 5.26 Å². The van der Waals surface area contributed by atoms with Crippen molar-refractivity contribution in [2.24, 2.45) is 0 Å². The zero-order valence-electron chi connectivity index (χ0n) is 18.5. The van der Waals surface area contributed by atoms with Gasteiger partial charge in [-0.2, -0.15) is 5.26 Å².